The van der Waals surface area contributed by atoms with Crippen LogP contribution < -0.4 is 0 Å². The first kappa shape index (κ1) is 7.98. The molecule has 1 aromatic rings. The van der Waals surface area contributed by atoms with Crippen molar-refractivity contribution < 1.29 is 14.1 Å². The highest BCUT2D eigenvalue weighted by Crippen LogP contribution is 2.22. The first-order valence-corrected chi connectivity index (χ1v) is 4.10. The maximum atomic E-state index is 11.0. The van der Waals surface area contributed by atoms with E-state index in [2.05, 4.69) is 6.72 Å². The van der Waals surface area contributed by atoms with Crippen molar-refractivity contribution in [1.29, 1.82) is 0 Å². The van der Waals surface area contributed by atoms with E-state index in [1.54, 1.807) is 0 Å². The van der Waals surface area contributed by atoms with Crippen LogP contribution in [0, 0.1) is 0 Å². The number of rotatable bonds is 1. The standard InChI is InChI=1S/C10H10NO2/c1-11-9(7-13-10(11)12)8-5-3-2-4-6-8/h2-6,9H,1,7H2/q+1/t9-/m1/s1. The molecule has 0 radical (unpaired) electrons. The molecule has 0 N–H and O–H groups in total. The van der Waals surface area contributed by atoms with Crippen LogP contribution in [-0.4, -0.2) is 24.0 Å². The van der Waals surface area contributed by atoms with Gasteiger partial charge in [-0.25, -0.2) is 0 Å². The van der Waals surface area contributed by atoms with Crippen LogP contribution in [0.4, 0.5) is 4.79 Å². The van der Waals surface area contributed by atoms with Crippen LogP contribution in [-0.2, 0) is 4.74 Å². The molecule has 0 aromatic heterocycles. The molecular weight excluding hydrogens is 166 g/mol. The lowest BCUT2D eigenvalue weighted by atomic mass is 10.1. The topological polar surface area (TPSA) is 29.3 Å². The molecule has 1 fully saturated rings. The zero-order valence-corrected chi connectivity index (χ0v) is 7.14. The van der Waals surface area contributed by atoms with E-state index >= 15 is 0 Å². The Labute approximate surface area is 76.3 Å². The minimum absolute atomic E-state index is 0.0336. The molecule has 0 saturated carbocycles. The van der Waals surface area contributed by atoms with Gasteiger partial charge >= 0.3 is 6.09 Å². The van der Waals surface area contributed by atoms with Gasteiger partial charge in [-0.05, 0) is 0 Å². The van der Waals surface area contributed by atoms with Gasteiger partial charge in [-0.1, -0.05) is 30.3 Å². The van der Waals surface area contributed by atoms with Crippen molar-refractivity contribution in [3.05, 3.63) is 35.9 Å². The highest BCUT2D eigenvalue weighted by atomic mass is 16.6. The smallest absolute Gasteiger partial charge is 0.404 e. The number of nitrogens with zero attached hydrogens (tertiary/aromatic N) is 1. The molecule has 66 valence electrons. The maximum absolute atomic E-state index is 11.0. The van der Waals surface area contributed by atoms with Crippen molar-refractivity contribution in [2.24, 2.45) is 0 Å². The van der Waals surface area contributed by atoms with Crippen LogP contribution in [0.3, 0.4) is 0 Å². The van der Waals surface area contributed by atoms with E-state index in [1.807, 2.05) is 30.3 Å². The first-order valence-electron chi connectivity index (χ1n) is 4.10. The van der Waals surface area contributed by atoms with Gasteiger partial charge in [-0.3, -0.25) is 0 Å². The third-order valence-electron chi connectivity index (χ3n) is 2.16. The summed E-state index contributed by atoms with van der Waals surface area (Å²) in [6.07, 6.45) is -0.353. The lowest BCUT2D eigenvalue weighted by Crippen LogP contribution is -2.14. The lowest BCUT2D eigenvalue weighted by molar-refractivity contribution is -0.451. The molecule has 13 heavy (non-hydrogen) atoms. The molecule has 3 nitrogen and oxygen atoms in total. The fraction of sp³-hybridized carbons (Fsp3) is 0.200. The van der Waals surface area contributed by atoms with Gasteiger partial charge < -0.3 is 4.74 Å². The number of carbonyl (C=O) groups excluding carboxylic acids is 1. The molecule has 0 bridgehead atoms. The van der Waals surface area contributed by atoms with E-state index < -0.39 is 0 Å². The average molecular weight is 176 g/mol. The molecule has 1 aliphatic heterocycles. The van der Waals surface area contributed by atoms with E-state index in [-0.39, 0.29) is 12.1 Å². The van der Waals surface area contributed by atoms with E-state index in [0.717, 1.165) is 5.56 Å². The summed E-state index contributed by atoms with van der Waals surface area (Å²) in [4.78, 5) is 11.0. The van der Waals surface area contributed by atoms with Gasteiger partial charge in [0.25, 0.3) is 0 Å². The molecular formula is C10H10NO2+. The second-order valence-corrected chi connectivity index (χ2v) is 2.97. The minimum Gasteiger partial charge on any atom is -0.404 e. The molecule has 1 aliphatic rings. The van der Waals surface area contributed by atoms with E-state index in [9.17, 15) is 4.79 Å². The zero-order chi connectivity index (χ0) is 9.26. The van der Waals surface area contributed by atoms with Crippen molar-refractivity contribution in [1.82, 2.24) is 0 Å². The van der Waals surface area contributed by atoms with E-state index in [4.69, 9.17) is 4.74 Å². The van der Waals surface area contributed by atoms with Crippen LogP contribution in [0.25, 0.3) is 0 Å². The van der Waals surface area contributed by atoms with Crippen molar-refractivity contribution >= 4 is 12.8 Å². The van der Waals surface area contributed by atoms with Gasteiger partial charge in [0.2, 0.25) is 6.04 Å². The molecule has 1 aromatic carbocycles. The van der Waals surface area contributed by atoms with Gasteiger partial charge in [-0.2, -0.15) is 4.79 Å². The summed E-state index contributed by atoms with van der Waals surface area (Å²) in [5.41, 5.74) is 1.06. The Morgan fingerprint density at radius 3 is 2.62 bits per heavy atom. The summed E-state index contributed by atoms with van der Waals surface area (Å²) in [5, 5.41) is 0. The molecule has 2 rings (SSSR count). The molecule has 0 spiro atoms. The SMILES string of the molecule is C=[N+]1C(=O)OC[C@@H]1c1ccccc1. The molecule has 1 amide bonds. The summed E-state index contributed by atoms with van der Waals surface area (Å²) in [5.74, 6) is 0. The van der Waals surface area contributed by atoms with Crippen molar-refractivity contribution in [2.75, 3.05) is 6.61 Å². The first-order chi connectivity index (χ1) is 6.29. The lowest BCUT2D eigenvalue weighted by Gasteiger charge is -2.00. The van der Waals surface area contributed by atoms with Crippen molar-refractivity contribution in [3.8, 4) is 0 Å². The second kappa shape index (κ2) is 3.01. The van der Waals surface area contributed by atoms with Crippen LogP contribution in [0.5, 0.6) is 0 Å². The Kier molecular flexibility index (Phi) is 1.85. The van der Waals surface area contributed by atoms with Crippen LogP contribution in [0.1, 0.15) is 11.6 Å². The summed E-state index contributed by atoms with van der Waals surface area (Å²) in [6.45, 7) is 4.03. The van der Waals surface area contributed by atoms with Crippen molar-refractivity contribution in [2.45, 2.75) is 6.04 Å². The highest BCUT2D eigenvalue weighted by molar-refractivity contribution is 5.62. The summed E-state index contributed by atoms with van der Waals surface area (Å²) < 4.78 is 6.23. The maximum Gasteiger partial charge on any atom is 0.596 e. The Bertz CT molecular complexity index is 345. The number of carbonyl (C=O) groups is 1. The summed E-state index contributed by atoms with van der Waals surface area (Å²) in [7, 11) is 0. The van der Waals surface area contributed by atoms with Crippen LogP contribution >= 0.6 is 0 Å². The predicted molar refractivity (Wildman–Crippen MR) is 47.9 cm³/mol. The zero-order valence-electron chi connectivity index (χ0n) is 7.14. The number of ether oxygens (including phenoxy) is 1. The Morgan fingerprint density at radius 1 is 1.38 bits per heavy atom. The number of cyclic esters (lactones) is 1. The fourth-order valence-corrected chi connectivity index (χ4v) is 1.40. The Morgan fingerprint density at radius 2 is 2.08 bits per heavy atom. The quantitative estimate of drug-likeness (QED) is 0.608. The van der Waals surface area contributed by atoms with Crippen LogP contribution in [0.2, 0.25) is 0 Å². The average Bonchev–Trinajstić information content (AvgIpc) is 2.49. The second-order valence-electron chi connectivity index (χ2n) is 2.97. The van der Waals surface area contributed by atoms with Crippen molar-refractivity contribution in [3.63, 3.8) is 0 Å². The van der Waals surface area contributed by atoms with Gasteiger partial charge in [-0.15, -0.1) is 4.58 Å². The number of hydrogen-bond donors (Lipinski definition) is 0. The molecule has 1 heterocycles. The third kappa shape index (κ3) is 1.33. The van der Waals surface area contributed by atoms with E-state index in [0.29, 0.717) is 6.61 Å². The molecule has 1 atom stereocenters. The van der Waals surface area contributed by atoms with Gasteiger partial charge in [0.1, 0.15) is 6.72 Å². The summed E-state index contributed by atoms with van der Waals surface area (Å²) >= 11 is 0. The minimum atomic E-state index is -0.353. The largest absolute Gasteiger partial charge is 0.596 e. The monoisotopic (exact) mass is 176 g/mol. The molecule has 1 saturated heterocycles. The van der Waals surface area contributed by atoms with Crippen LogP contribution in [0.15, 0.2) is 30.3 Å². The van der Waals surface area contributed by atoms with Gasteiger partial charge in [0.05, 0.1) is 0 Å². The number of benzene rings is 1. The molecule has 0 aliphatic carbocycles. The highest BCUT2D eigenvalue weighted by Gasteiger charge is 2.37. The molecule has 0 unspecified atom stereocenters. The Hall–Kier alpha value is -1.64. The normalized spacial score (nSPS) is 21.7. The third-order valence-corrected chi connectivity index (χ3v) is 2.16. The fourth-order valence-electron chi connectivity index (χ4n) is 1.40. The summed E-state index contributed by atoms with van der Waals surface area (Å²) in [6, 6.07) is 9.70. The molecule has 3 heteroatoms. The van der Waals surface area contributed by atoms with Gasteiger partial charge in [0.15, 0.2) is 6.61 Å². The predicted octanol–water partition coefficient (Wildman–Crippen LogP) is 1.59. The number of hydrogen-bond acceptors (Lipinski definition) is 2. The van der Waals surface area contributed by atoms with Gasteiger partial charge in [0, 0.05) is 5.56 Å². The van der Waals surface area contributed by atoms with E-state index in [1.165, 1.54) is 4.58 Å². The number of amides is 1. The Balaban J connectivity index is 2.29.